The summed E-state index contributed by atoms with van der Waals surface area (Å²) in [6.07, 6.45) is 1.03. The molecule has 2 aromatic rings. The minimum atomic E-state index is -3.57. The van der Waals surface area contributed by atoms with E-state index in [1.165, 1.54) is 4.31 Å². The van der Waals surface area contributed by atoms with Gasteiger partial charge in [-0.2, -0.15) is 4.31 Å². The second kappa shape index (κ2) is 7.12. The van der Waals surface area contributed by atoms with E-state index in [9.17, 15) is 13.5 Å². The van der Waals surface area contributed by atoms with Gasteiger partial charge in [-0.1, -0.05) is 54.1 Å². The molecule has 2 aromatic carbocycles. The minimum absolute atomic E-state index is 0.0876. The summed E-state index contributed by atoms with van der Waals surface area (Å²) in [4.78, 5) is 0.288. The molecular weight excluding hydrogens is 334 g/mol. The highest BCUT2D eigenvalue weighted by molar-refractivity contribution is 7.89. The lowest BCUT2D eigenvalue weighted by molar-refractivity contribution is 0.102. The van der Waals surface area contributed by atoms with Gasteiger partial charge in [0.15, 0.2) is 0 Å². The van der Waals surface area contributed by atoms with Crippen molar-refractivity contribution in [3.63, 3.8) is 0 Å². The third-order valence-electron chi connectivity index (χ3n) is 4.89. The van der Waals surface area contributed by atoms with E-state index in [-0.39, 0.29) is 23.3 Å². The summed E-state index contributed by atoms with van der Waals surface area (Å²) < 4.78 is 27.3. The van der Waals surface area contributed by atoms with Gasteiger partial charge in [-0.15, -0.1) is 6.58 Å². The quantitative estimate of drug-likeness (QED) is 0.837. The van der Waals surface area contributed by atoms with E-state index in [1.807, 2.05) is 37.3 Å². The Bertz CT molecular complexity index is 831. The molecule has 0 bridgehead atoms. The van der Waals surface area contributed by atoms with Crippen LogP contribution in [0.2, 0.25) is 0 Å². The van der Waals surface area contributed by atoms with Gasteiger partial charge in [-0.05, 0) is 30.5 Å². The fraction of sp³-hybridized carbons (Fsp3) is 0.300. The van der Waals surface area contributed by atoms with Crippen molar-refractivity contribution in [2.24, 2.45) is 11.8 Å². The van der Waals surface area contributed by atoms with Crippen molar-refractivity contribution in [2.45, 2.75) is 17.9 Å². The molecular formula is C20H23NO3S. The van der Waals surface area contributed by atoms with Crippen molar-refractivity contribution in [1.29, 1.82) is 0 Å². The lowest BCUT2D eigenvalue weighted by Gasteiger charge is -2.22. The Hall–Kier alpha value is -1.95. The number of hydrogen-bond acceptors (Lipinski definition) is 3. The first-order chi connectivity index (χ1) is 11.9. The molecule has 1 aliphatic heterocycles. The zero-order valence-electron chi connectivity index (χ0n) is 14.2. The molecule has 3 unspecified atom stereocenters. The molecule has 25 heavy (non-hydrogen) atoms. The molecule has 132 valence electrons. The largest absolute Gasteiger partial charge is 0.388 e. The molecule has 4 nitrogen and oxygen atoms in total. The van der Waals surface area contributed by atoms with Crippen molar-refractivity contribution < 1.29 is 13.5 Å². The summed E-state index contributed by atoms with van der Waals surface area (Å²) in [6, 6.07) is 16.2. The van der Waals surface area contributed by atoms with Gasteiger partial charge in [0.25, 0.3) is 0 Å². The standard InChI is InChI=1S/C20H23NO3S/c1-3-16-13-21(25(23,24)18-11-9-15(2)10-12-18)14-19(16)20(22)17-7-5-4-6-8-17/h3-12,16,19-20,22H,1,13-14H2,2H3. The predicted molar refractivity (Wildman–Crippen MR) is 98.5 cm³/mol. The molecule has 3 atom stereocenters. The van der Waals surface area contributed by atoms with Gasteiger partial charge in [0.1, 0.15) is 0 Å². The van der Waals surface area contributed by atoms with Crippen LogP contribution in [0.5, 0.6) is 0 Å². The van der Waals surface area contributed by atoms with Crippen LogP contribution in [-0.4, -0.2) is 30.9 Å². The number of rotatable bonds is 5. The van der Waals surface area contributed by atoms with Crippen LogP contribution in [0.3, 0.4) is 0 Å². The third-order valence-corrected chi connectivity index (χ3v) is 6.73. The highest BCUT2D eigenvalue weighted by Gasteiger charge is 2.41. The van der Waals surface area contributed by atoms with Gasteiger partial charge in [0.2, 0.25) is 10.0 Å². The number of aliphatic hydroxyl groups is 1. The summed E-state index contributed by atoms with van der Waals surface area (Å²) in [5.41, 5.74) is 1.82. The number of nitrogens with zero attached hydrogens (tertiary/aromatic N) is 1. The first-order valence-electron chi connectivity index (χ1n) is 8.36. The summed E-state index contributed by atoms with van der Waals surface area (Å²) in [5.74, 6) is -0.296. The Morgan fingerprint density at radius 2 is 1.76 bits per heavy atom. The fourth-order valence-corrected chi connectivity index (χ4v) is 4.87. The summed E-state index contributed by atoms with van der Waals surface area (Å²) >= 11 is 0. The lowest BCUT2D eigenvalue weighted by atomic mass is 9.87. The number of aryl methyl sites for hydroxylation is 1. The van der Waals surface area contributed by atoms with Gasteiger partial charge in [-0.25, -0.2) is 8.42 Å². The van der Waals surface area contributed by atoms with E-state index >= 15 is 0 Å². The number of sulfonamides is 1. The number of benzene rings is 2. The van der Waals surface area contributed by atoms with Gasteiger partial charge >= 0.3 is 0 Å². The Labute approximate surface area is 149 Å². The molecule has 1 N–H and O–H groups in total. The molecule has 1 heterocycles. The van der Waals surface area contributed by atoms with Crippen molar-refractivity contribution in [1.82, 2.24) is 4.31 Å². The molecule has 0 radical (unpaired) electrons. The van der Waals surface area contributed by atoms with Crippen molar-refractivity contribution in [2.75, 3.05) is 13.1 Å². The Morgan fingerprint density at radius 1 is 1.12 bits per heavy atom. The highest BCUT2D eigenvalue weighted by atomic mass is 32.2. The molecule has 1 aliphatic rings. The smallest absolute Gasteiger partial charge is 0.243 e. The summed E-state index contributed by atoms with van der Waals surface area (Å²) in [6.45, 7) is 6.38. The maximum atomic E-state index is 12.9. The predicted octanol–water partition coefficient (Wildman–Crippen LogP) is 3.15. The van der Waals surface area contributed by atoms with Gasteiger partial charge in [0, 0.05) is 19.0 Å². The summed E-state index contributed by atoms with van der Waals surface area (Å²) in [5, 5.41) is 10.7. The maximum absolute atomic E-state index is 12.9. The van der Waals surface area contributed by atoms with Crippen molar-refractivity contribution in [3.05, 3.63) is 78.4 Å². The SMILES string of the molecule is C=CC1CN(S(=O)(=O)c2ccc(C)cc2)CC1C(O)c1ccccc1. The van der Waals surface area contributed by atoms with Gasteiger partial charge in [-0.3, -0.25) is 0 Å². The molecule has 0 saturated carbocycles. The fourth-order valence-electron chi connectivity index (χ4n) is 3.35. The minimum Gasteiger partial charge on any atom is -0.388 e. The normalized spacial score (nSPS) is 22.6. The number of aliphatic hydroxyl groups excluding tert-OH is 1. The van der Waals surface area contributed by atoms with Crippen LogP contribution in [0, 0.1) is 18.8 Å². The van der Waals surface area contributed by atoms with E-state index in [0.29, 0.717) is 6.54 Å². The van der Waals surface area contributed by atoms with Crippen LogP contribution >= 0.6 is 0 Å². The van der Waals surface area contributed by atoms with Crippen LogP contribution in [-0.2, 0) is 10.0 Å². The van der Waals surface area contributed by atoms with E-state index in [1.54, 1.807) is 30.3 Å². The monoisotopic (exact) mass is 357 g/mol. The Morgan fingerprint density at radius 3 is 2.36 bits per heavy atom. The zero-order chi connectivity index (χ0) is 18.0. The zero-order valence-corrected chi connectivity index (χ0v) is 15.1. The van der Waals surface area contributed by atoms with Crippen molar-refractivity contribution in [3.8, 4) is 0 Å². The molecule has 1 saturated heterocycles. The highest BCUT2D eigenvalue weighted by Crippen LogP contribution is 2.37. The van der Waals surface area contributed by atoms with E-state index in [2.05, 4.69) is 6.58 Å². The molecule has 0 aromatic heterocycles. The molecule has 1 fully saturated rings. The lowest BCUT2D eigenvalue weighted by Crippen LogP contribution is -2.29. The Balaban J connectivity index is 1.86. The van der Waals surface area contributed by atoms with Crippen molar-refractivity contribution >= 4 is 10.0 Å². The second-order valence-electron chi connectivity index (χ2n) is 6.55. The van der Waals surface area contributed by atoms with Crippen LogP contribution in [0.1, 0.15) is 17.2 Å². The average molecular weight is 357 g/mol. The summed E-state index contributed by atoms with van der Waals surface area (Å²) in [7, 11) is -3.57. The van der Waals surface area contributed by atoms with Crippen LogP contribution in [0.25, 0.3) is 0 Å². The maximum Gasteiger partial charge on any atom is 0.243 e. The topological polar surface area (TPSA) is 57.6 Å². The molecule has 0 aliphatic carbocycles. The van der Waals surface area contributed by atoms with E-state index in [4.69, 9.17) is 0 Å². The molecule has 5 heteroatoms. The van der Waals surface area contributed by atoms with E-state index in [0.717, 1.165) is 11.1 Å². The Kier molecular flexibility index (Phi) is 5.08. The molecule has 0 amide bonds. The van der Waals surface area contributed by atoms with Gasteiger partial charge < -0.3 is 5.11 Å². The van der Waals surface area contributed by atoms with Crippen LogP contribution in [0.15, 0.2) is 72.1 Å². The second-order valence-corrected chi connectivity index (χ2v) is 8.49. The average Bonchev–Trinajstić information content (AvgIpc) is 3.07. The number of hydrogen-bond donors (Lipinski definition) is 1. The van der Waals surface area contributed by atoms with E-state index < -0.39 is 16.1 Å². The molecule has 3 rings (SSSR count). The molecule has 0 spiro atoms. The van der Waals surface area contributed by atoms with Crippen LogP contribution in [0.4, 0.5) is 0 Å². The van der Waals surface area contributed by atoms with Gasteiger partial charge in [0.05, 0.1) is 11.0 Å². The third kappa shape index (κ3) is 3.54. The first kappa shape index (κ1) is 17.9. The van der Waals surface area contributed by atoms with Crippen LogP contribution < -0.4 is 0 Å². The first-order valence-corrected chi connectivity index (χ1v) is 9.80.